The number of halogens is 1. The van der Waals surface area contributed by atoms with E-state index in [9.17, 15) is 13.2 Å². The molecule has 2 aromatic rings. The number of carbonyl (C=O) groups is 1. The number of Topliss-reactive ketones (excluding diaryl/α,β-unsaturated/α-hetero) is 1. The van der Waals surface area contributed by atoms with E-state index in [4.69, 9.17) is 15.9 Å². The van der Waals surface area contributed by atoms with Gasteiger partial charge in [-0.25, -0.2) is 8.42 Å². The second-order valence-electron chi connectivity index (χ2n) is 4.19. The maximum Gasteiger partial charge on any atom is 0.261 e. The maximum atomic E-state index is 11.6. The van der Waals surface area contributed by atoms with Crippen LogP contribution in [0.5, 0.6) is 0 Å². The van der Waals surface area contributed by atoms with Crippen LogP contribution in [0.1, 0.15) is 6.92 Å². The number of rotatable bonds is 4. The molecular weight excluding hydrogens is 328 g/mol. The molecule has 0 bridgehead atoms. The summed E-state index contributed by atoms with van der Waals surface area (Å²) in [4.78, 5) is 15.1. The van der Waals surface area contributed by atoms with Crippen molar-refractivity contribution in [2.24, 2.45) is 5.10 Å². The van der Waals surface area contributed by atoms with Gasteiger partial charge in [-0.05, 0) is 24.3 Å². The lowest BCUT2D eigenvalue weighted by Gasteiger charge is -2.08. The molecule has 0 saturated heterocycles. The van der Waals surface area contributed by atoms with Gasteiger partial charge in [0.2, 0.25) is 5.71 Å². The largest absolute Gasteiger partial charge is 0.292 e. The van der Waals surface area contributed by atoms with Gasteiger partial charge in [-0.1, -0.05) is 0 Å². The van der Waals surface area contributed by atoms with Gasteiger partial charge in [-0.2, -0.15) is 10.4 Å². The molecule has 7 nitrogen and oxygen atoms in total. The quantitative estimate of drug-likeness (QED) is 0.519. The molecule has 0 saturated carbocycles. The smallest absolute Gasteiger partial charge is 0.261 e. The first-order valence-corrected chi connectivity index (χ1v) is 8.22. The summed E-state index contributed by atoms with van der Waals surface area (Å²) in [5.41, 5.74) is 2.88. The fourth-order valence-electron chi connectivity index (χ4n) is 1.75. The Labute approximate surface area is 130 Å². The number of anilines is 1. The molecule has 0 amide bonds. The number of nitrogens with zero attached hydrogens (tertiary/aromatic N) is 3. The van der Waals surface area contributed by atoms with Gasteiger partial charge in [0.05, 0.1) is 16.1 Å². The van der Waals surface area contributed by atoms with Crippen LogP contribution in [0.3, 0.4) is 0 Å². The first-order valence-electron chi connectivity index (χ1n) is 5.91. The Kier molecular flexibility index (Phi) is 4.40. The van der Waals surface area contributed by atoms with E-state index in [1.54, 1.807) is 18.2 Å². The lowest BCUT2D eigenvalue weighted by atomic mass is 10.2. The van der Waals surface area contributed by atoms with Crippen LogP contribution in [-0.2, 0) is 13.8 Å². The number of hydrazone groups is 1. The molecule has 0 aliphatic heterocycles. The minimum absolute atomic E-state index is 0.0844. The molecule has 0 fully saturated rings. The lowest BCUT2D eigenvalue weighted by Crippen LogP contribution is -2.09. The number of pyridine rings is 1. The van der Waals surface area contributed by atoms with Crippen LogP contribution in [-0.4, -0.2) is 24.9 Å². The molecule has 0 radical (unpaired) electrons. The van der Waals surface area contributed by atoms with E-state index in [2.05, 4.69) is 15.5 Å². The lowest BCUT2D eigenvalue weighted by molar-refractivity contribution is -0.110. The Hall–Kier alpha value is -2.50. The van der Waals surface area contributed by atoms with E-state index in [1.807, 2.05) is 0 Å². The number of nitriles is 1. The molecule has 0 atom stereocenters. The van der Waals surface area contributed by atoms with E-state index in [-0.39, 0.29) is 10.6 Å². The molecule has 2 rings (SSSR count). The van der Waals surface area contributed by atoms with Crippen molar-refractivity contribution in [3.8, 4) is 6.07 Å². The highest BCUT2D eigenvalue weighted by Gasteiger charge is 2.16. The van der Waals surface area contributed by atoms with Gasteiger partial charge in [0.15, 0.2) is 5.78 Å². The van der Waals surface area contributed by atoms with Gasteiger partial charge in [0, 0.05) is 29.2 Å². The standard InChI is InChI=1S/C13H9ClN4O3S/c1-8(19)11(7-15)18-17-10-4-5-12(22(14,20)21)9-3-2-6-16-13(9)10/h2-6,17H,1H3. The summed E-state index contributed by atoms with van der Waals surface area (Å²) in [6.07, 6.45) is 1.47. The Bertz CT molecular complexity index is 932. The molecule has 0 aliphatic rings. The van der Waals surface area contributed by atoms with Crippen molar-refractivity contribution in [2.45, 2.75) is 11.8 Å². The van der Waals surface area contributed by atoms with Crippen molar-refractivity contribution < 1.29 is 13.2 Å². The van der Waals surface area contributed by atoms with E-state index in [0.717, 1.165) is 0 Å². The van der Waals surface area contributed by atoms with Crippen LogP contribution in [0.25, 0.3) is 10.9 Å². The Morgan fingerprint density at radius 3 is 2.73 bits per heavy atom. The molecule has 112 valence electrons. The van der Waals surface area contributed by atoms with Crippen molar-refractivity contribution in [3.63, 3.8) is 0 Å². The van der Waals surface area contributed by atoms with Gasteiger partial charge >= 0.3 is 0 Å². The molecule has 22 heavy (non-hydrogen) atoms. The van der Waals surface area contributed by atoms with E-state index in [0.29, 0.717) is 16.6 Å². The predicted molar refractivity (Wildman–Crippen MR) is 82.1 cm³/mol. The van der Waals surface area contributed by atoms with E-state index in [1.165, 1.54) is 25.3 Å². The summed E-state index contributed by atoms with van der Waals surface area (Å²) in [5.74, 6) is -0.493. The van der Waals surface area contributed by atoms with Gasteiger partial charge in [0.1, 0.15) is 6.07 Å². The Morgan fingerprint density at radius 1 is 1.41 bits per heavy atom. The fraction of sp³-hybridized carbons (Fsp3) is 0.0769. The average Bonchev–Trinajstić information content (AvgIpc) is 2.46. The zero-order valence-electron chi connectivity index (χ0n) is 11.2. The van der Waals surface area contributed by atoms with Crippen LogP contribution >= 0.6 is 10.7 Å². The van der Waals surface area contributed by atoms with Gasteiger partial charge in [-0.3, -0.25) is 15.2 Å². The molecule has 1 aromatic heterocycles. The molecule has 0 spiro atoms. The van der Waals surface area contributed by atoms with Crippen LogP contribution in [0.15, 0.2) is 40.5 Å². The van der Waals surface area contributed by atoms with Crippen molar-refractivity contribution >= 4 is 47.8 Å². The van der Waals surface area contributed by atoms with Gasteiger partial charge in [-0.15, -0.1) is 0 Å². The Balaban J connectivity index is 2.59. The summed E-state index contributed by atoms with van der Waals surface area (Å²) in [6, 6.07) is 7.47. The molecule has 9 heteroatoms. The normalized spacial score (nSPS) is 12.0. The Morgan fingerprint density at radius 2 is 2.14 bits per heavy atom. The van der Waals surface area contributed by atoms with Crippen LogP contribution in [0.2, 0.25) is 0 Å². The highest BCUT2D eigenvalue weighted by Crippen LogP contribution is 2.29. The fourth-order valence-corrected chi connectivity index (χ4v) is 2.81. The number of benzene rings is 1. The highest BCUT2D eigenvalue weighted by atomic mass is 35.7. The zero-order valence-corrected chi connectivity index (χ0v) is 12.8. The van der Waals surface area contributed by atoms with Crippen molar-refractivity contribution in [3.05, 3.63) is 30.5 Å². The third kappa shape index (κ3) is 3.21. The number of hydrogen-bond acceptors (Lipinski definition) is 7. The number of nitrogens with one attached hydrogen (secondary N) is 1. The third-order valence-corrected chi connectivity index (χ3v) is 4.10. The number of carbonyl (C=O) groups excluding carboxylic acids is 1. The molecule has 1 N–H and O–H groups in total. The topological polar surface area (TPSA) is 112 Å². The highest BCUT2D eigenvalue weighted by molar-refractivity contribution is 8.14. The zero-order chi connectivity index (χ0) is 16.3. The van der Waals surface area contributed by atoms with Gasteiger partial charge in [0.25, 0.3) is 9.05 Å². The van der Waals surface area contributed by atoms with Crippen molar-refractivity contribution in [1.29, 1.82) is 5.26 Å². The molecule has 0 unspecified atom stereocenters. The van der Waals surface area contributed by atoms with Crippen molar-refractivity contribution in [2.75, 3.05) is 5.43 Å². The van der Waals surface area contributed by atoms with E-state index >= 15 is 0 Å². The summed E-state index contributed by atoms with van der Waals surface area (Å²) in [7, 11) is 1.46. The first-order chi connectivity index (χ1) is 10.3. The average molecular weight is 337 g/mol. The molecule has 0 aliphatic carbocycles. The van der Waals surface area contributed by atoms with Crippen molar-refractivity contribution in [1.82, 2.24) is 4.98 Å². The minimum atomic E-state index is -3.93. The number of ketones is 1. The van der Waals surface area contributed by atoms with Crippen LogP contribution in [0, 0.1) is 11.3 Å². The second kappa shape index (κ2) is 6.09. The molecule has 1 heterocycles. The van der Waals surface area contributed by atoms with E-state index < -0.39 is 14.8 Å². The first kappa shape index (κ1) is 15.9. The third-order valence-electron chi connectivity index (χ3n) is 2.72. The molecule has 1 aromatic carbocycles. The number of aromatic nitrogens is 1. The summed E-state index contributed by atoms with van der Waals surface area (Å²) >= 11 is 0. The second-order valence-corrected chi connectivity index (χ2v) is 6.72. The van der Waals surface area contributed by atoms with Crippen LogP contribution < -0.4 is 5.43 Å². The summed E-state index contributed by atoms with van der Waals surface area (Å²) in [5, 5.41) is 12.8. The number of fused-ring (bicyclic) bond motifs is 1. The predicted octanol–water partition coefficient (Wildman–Crippen LogP) is 2.04. The summed E-state index contributed by atoms with van der Waals surface area (Å²) < 4.78 is 23.1. The van der Waals surface area contributed by atoms with Gasteiger partial charge < -0.3 is 0 Å². The number of hydrogen-bond donors (Lipinski definition) is 1. The van der Waals surface area contributed by atoms with Crippen LogP contribution in [0.4, 0.5) is 5.69 Å². The monoisotopic (exact) mass is 336 g/mol. The molecular formula is C13H9ClN4O3S. The summed E-state index contributed by atoms with van der Waals surface area (Å²) in [6.45, 7) is 1.21. The SMILES string of the molecule is CC(=O)C(C#N)=NNc1ccc(S(=O)(=O)Cl)c2cccnc12. The minimum Gasteiger partial charge on any atom is -0.292 e. The maximum absolute atomic E-state index is 11.6.